The highest BCUT2D eigenvalue weighted by molar-refractivity contribution is 5.97. The molecule has 100 valence electrons. The number of nitrogens with zero attached hydrogens (tertiary/aromatic N) is 1. The molecule has 0 aliphatic carbocycles. The van der Waals surface area contributed by atoms with E-state index in [1.807, 2.05) is 0 Å². The molecule has 18 heavy (non-hydrogen) atoms. The number of hydrogen-bond acceptors (Lipinski definition) is 4. The maximum absolute atomic E-state index is 13.6. The van der Waals surface area contributed by atoms with Crippen LogP contribution in [0.2, 0.25) is 0 Å². The third-order valence-electron chi connectivity index (χ3n) is 2.58. The summed E-state index contributed by atoms with van der Waals surface area (Å²) in [5, 5.41) is 0. The van der Waals surface area contributed by atoms with Crippen LogP contribution in [0, 0.1) is 0 Å². The van der Waals surface area contributed by atoms with Crippen LogP contribution >= 0.6 is 0 Å². The Kier molecular flexibility index (Phi) is 5.00. The lowest BCUT2D eigenvalue weighted by molar-refractivity contribution is -0.158. The van der Waals surface area contributed by atoms with Crippen molar-refractivity contribution in [1.82, 2.24) is 4.90 Å². The molecule has 0 N–H and O–H groups in total. The molecule has 0 bridgehead atoms. The van der Waals surface area contributed by atoms with Gasteiger partial charge in [0.1, 0.15) is 0 Å². The first kappa shape index (κ1) is 14.3. The summed E-state index contributed by atoms with van der Waals surface area (Å²) in [4.78, 5) is 34.9. The Morgan fingerprint density at radius 2 is 2.17 bits per heavy atom. The molecular weight excluding hydrogens is 241 g/mol. The molecule has 0 aromatic rings. The number of alkyl halides is 1. The smallest absolute Gasteiger partial charge is 0.333 e. The van der Waals surface area contributed by atoms with E-state index in [-0.39, 0.29) is 18.4 Å². The van der Waals surface area contributed by atoms with Crippen molar-refractivity contribution >= 4 is 17.8 Å². The van der Waals surface area contributed by atoms with Crippen molar-refractivity contribution in [3.63, 3.8) is 0 Å². The molecule has 1 rings (SSSR count). The normalized spacial score (nSPS) is 20.2. The maximum Gasteiger partial charge on any atom is 0.333 e. The molecule has 0 aromatic heterocycles. The molecule has 1 atom stereocenters. The van der Waals surface area contributed by atoms with E-state index in [4.69, 9.17) is 0 Å². The highest BCUT2D eigenvalue weighted by Crippen LogP contribution is 2.19. The summed E-state index contributed by atoms with van der Waals surface area (Å²) >= 11 is 0. The minimum atomic E-state index is -1.63. The van der Waals surface area contributed by atoms with Crippen LogP contribution in [0.25, 0.3) is 0 Å². The number of carbonyl (C=O) groups excluding carboxylic acids is 3. The predicted octanol–water partition coefficient (Wildman–Crippen LogP) is 1.33. The number of ether oxygens (including phenoxy) is 1. The highest BCUT2D eigenvalue weighted by atomic mass is 19.1. The fourth-order valence-corrected chi connectivity index (χ4v) is 1.61. The van der Waals surface area contributed by atoms with Crippen molar-refractivity contribution in [1.29, 1.82) is 0 Å². The van der Waals surface area contributed by atoms with E-state index in [1.54, 1.807) is 0 Å². The van der Waals surface area contributed by atoms with Gasteiger partial charge in [-0.3, -0.25) is 9.59 Å². The van der Waals surface area contributed by atoms with E-state index >= 15 is 0 Å². The first-order valence-electron chi connectivity index (χ1n) is 5.75. The maximum atomic E-state index is 13.6. The van der Waals surface area contributed by atoms with Gasteiger partial charge in [-0.05, 0) is 26.2 Å². The molecule has 1 fully saturated rings. The first-order valence-corrected chi connectivity index (χ1v) is 5.75. The standard InChI is InChI=1S/C12H16FNO4/c1-8(2)12(17)18-7-11(16)14-9(13)5-3-4-6-10(14)15/h9H,1,3-7H2,2H3. The molecule has 2 amide bonds. The zero-order chi connectivity index (χ0) is 13.7. The average molecular weight is 257 g/mol. The Hall–Kier alpha value is -1.72. The first-order chi connectivity index (χ1) is 8.43. The number of rotatable bonds is 3. The third-order valence-corrected chi connectivity index (χ3v) is 2.58. The molecule has 0 spiro atoms. The van der Waals surface area contributed by atoms with Crippen LogP contribution in [0.1, 0.15) is 32.6 Å². The molecule has 1 aliphatic rings. The van der Waals surface area contributed by atoms with Crippen molar-refractivity contribution < 1.29 is 23.5 Å². The monoisotopic (exact) mass is 257 g/mol. The lowest BCUT2D eigenvalue weighted by Crippen LogP contribution is -2.43. The zero-order valence-corrected chi connectivity index (χ0v) is 10.3. The number of imide groups is 1. The minimum absolute atomic E-state index is 0.131. The Labute approximate surface area is 105 Å². The highest BCUT2D eigenvalue weighted by Gasteiger charge is 2.31. The zero-order valence-electron chi connectivity index (χ0n) is 10.3. The molecule has 6 heteroatoms. The van der Waals surface area contributed by atoms with Crippen LogP contribution in [-0.2, 0) is 19.1 Å². The number of carbonyl (C=O) groups is 3. The van der Waals surface area contributed by atoms with Gasteiger partial charge in [-0.15, -0.1) is 0 Å². The lowest BCUT2D eigenvalue weighted by atomic mass is 10.2. The SMILES string of the molecule is C=C(C)C(=O)OCC(=O)N1C(=O)CCCCC1F. The van der Waals surface area contributed by atoms with Crippen LogP contribution < -0.4 is 0 Å². The van der Waals surface area contributed by atoms with Crippen LogP contribution in [0.4, 0.5) is 4.39 Å². The van der Waals surface area contributed by atoms with Crippen LogP contribution in [0.3, 0.4) is 0 Å². The van der Waals surface area contributed by atoms with E-state index in [0.717, 1.165) is 0 Å². The second kappa shape index (κ2) is 6.28. The van der Waals surface area contributed by atoms with E-state index < -0.39 is 30.7 Å². The quantitative estimate of drug-likeness (QED) is 0.434. The molecule has 5 nitrogen and oxygen atoms in total. The average Bonchev–Trinajstić information content (AvgIpc) is 2.47. The topological polar surface area (TPSA) is 63.7 Å². The second-order valence-corrected chi connectivity index (χ2v) is 4.19. The van der Waals surface area contributed by atoms with Crippen LogP contribution in [-0.4, -0.2) is 35.6 Å². The van der Waals surface area contributed by atoms with Gasteiger partial charge in [-0.1, -0.05) is 6.58 Å². The molecule has 0 saturated carbocycles. The van der Waals surface area contributed by atoms with Gasteiger partial charge in [0.25, 0.3) is 5.91 Å². The number of likely N-dealkylation sites (tertiary alicyclic amines) is 1. The van der Waals surface area contributed by atoms with E-state index in [1.165, 1.54) is 6.92 Å². The minimum Gasteiger partial charge on any atom is -0.452 e. The van der Waals surface area contributed by atoms with Gasteiger partial charge in [-0.25, -0.2) is 14.1 Å². The Morgan fingerprint density at radius 1 is 1.50 bits per heavy atom. The molecule has 0 aromatic carbocycles. The van der Waals surface area contributed by atoms with Gasteiger partial charge in [0.15, 0.2) is 12.9 Å². The summed E-state index contributed by atoms with van der Waals surface area (Å²) in [5.41, 5.74) is 0.141. The Morgan fingerprint density at radius 3 is 2.78 bits per heavy atom. The van der Waals surface area contributed by atoms with Crippen molar-refractivity contribution in [3.05, 3.63) is 12.2 Å². The number of halogens is 1. The van der Waals surface area contributed by atoms with Crippen LogP contribution in [0.15, 0.2) is 12.2 Å². The van der Waals surface area contributed by atoms with E-state index in [9.17, 15) is 18.8 Å². The van der Waals surface area contributed by atoms with Gasteiger partial charge < -0.3 is 4.74 Å². The van der Waals surface area contributed by atoms with Crippen molar-refractivity contribution in [2.75, 3.05) is 6.61 Å². The molecule has 1 saturated heterocycles. The summed E-state index contributed by atoms with van der Waals surface area (Å²) < 4.78 is 18.2. The summed E-state index contributed by atoms with van der Waals surface area (Å²) in [5.74, 6) is -2.12. The van der Waals surface area contributed by atoms with Gasteiger partial charge in [-0.2, -0.15) is 0 Å². The van der Waals surface area contributed by atoms with Crippen molar-refractivity contribution in [2.24, 2.45) is 0 Å². The summed E-state index contributed by atoms with van der Waals surface area (Å²) in [6, 6.07) is 0. The summed E-state index contributed by atoms with van der Waals surface area (Å²) in [6.07, 6.45) is -0.236. The van der Waals surface area contributed by atoms with E-state index in [0.29, 0.717) is 17.7 Å². The number of hydrogen-bond donors (Lipinski definition) is 0. The molecule has 1 aliphatic heterocycles. The second-order valence-electron chi connectivity index (χ2n) is 4.19. The number of esters is 1. The van der Waals surface area contributed by atoms with Gasteiger partial charge in [0, 0.05) is 12.0 Å². The third kappa shape index (κ3) is 3.65. The number of amides is 2. The Balaban J connectivity index is 2.60. The fraction of sp³-hybridized carbons (Fsp3) is 0.583. The molecular formula is C12H16FNO4. The van der Waals surface area contributed by atoms with E-state index in [2.05, 4.69) is 11.3 Å². The summed E-state index contributed by atoms with van der Waals surface area (Å²) in [7, 11) is 0. The molecule has 1 unspecified atom stereocenters. The fourth-order valence-electron chi connectivity index (χ4n) is 1.61. The van der Waals surface area contributed by atoms with Crippen LogP contribution in [0.5, 0.6) is 0 Å². The Bertz CT molecular complexity index is 380. The van der Waals surface area contributed by atoms with Gasteiger partial charge >= 0.3 is 5.97 Å². The van der Waals surface area contributed by atoms with Crippen molar-refractivity contribution in [3.8, 4) is 0 Å². The predicted molar refractivity (Wildman–Crippen MR) is 61.0 cm³/mol. The molecule has 0 radical (unpaired) electrons. The summed E-state index contributed by atoms with van der Waals surface area (Å²) in [6.45, 7) is 4.14. The van der Waals surface area contributed by atoms with Crippen molar-refractivity contribution in [2.45, 2.75) is 38.9 Å². The largest absolute Gasteiger partial charge is 0.452 e. The van der Waals surface area contributed by atoms with Gasteiger partial charge in [0.2, 0.25) is 5.91 Å². The lowest BCUT2D eigenvalue weighted by Gasteiger charge is -2.21. The van der Waals surface area contributed by atoms with Gasteiger partial charge in [0.05, 0.1) is 0 Å². The molecule has 1 heterocycles.